The topological polar surface area (TPSA) is 70.4 Å². The van der Waals surface area contributed by atoms with Gasteiger partial charge in [0.1, 0.15) is 12.9 Å². The van der Waals surface area contributed by atoms with Crippen LogP contribution in [0, 0.1) is 0 Å². The van der Waals surface area contributed by atoms with Crippen LogP contribution < -0.4 is 10.6 Å². The molecule has 0 bridgehead atoms. The number of hydrogen-bond acceptors (Lipinski definition) is 4. The van der Waals surface area contributed by atoms with Crippen LogP contribution in [0.3, 0.4) is 0 Å². The van der Waals surface area contributed by atoms with Crippen LogP contribution in [0.15, 0.2) is 35.6 Å². The summed E-state index contributed by atoms with van der Waals surface area (Å²) in [6, 6.07) is 8.19. The monoisotopic (exact) mass is 391 g/mol. The van der Waals surface area contributed by atoms with E-state index in [0.29, 0.717) is 13.1 Å². The van der Waals surface area contributed by atoms with Crippen LogP contribution in [0.5, 0.6) is 0 Å². The Bertz CT molecular complexity index is 724. The number of guanidine groups is 1. The number of aryl methyl sites for hydroxylation is 1. The van der Waals surface area contributed by atoms with E-state index in [1.165, 1.54) is 0 Å². The van der Waals surface area contributed by atoms with Gasteiger partial charge in [-0.1, -0.05) is 43.6 Å². The van der Waals surface area contributed by atoms with E-state index in [2.05, 4.69) is 57.6 Å². The number of nitrogens with one attached hydrogen (secondary N) is 2. The molecule has 0 amide bonds. The van der Waals surface area contributed by atoms with Crippen molar-refractivity contribution in [2.75, 3.05) is 26.2 Å². The minimum Gasteiger partial charge on any atom is -0.357 e. The Hall–Kier alpha value is -2.12. The summed E-state index contributed by atoms with van der Waals surface area (Å²) in [5, 5.41) is 15.5. The fourth-order valence-corrected chi connectivity index (χ4v) is 3.24. The first kappa shape index (κ1) is 21.2. The van der Waals surface area contributed by atoms with Gasteiger partial charge in [-0.2, -0.15) is 0 Å². The van der Waals surface area contributed by atoms with Crippen molar-refractivity contribution in [2.45, 2.75) is 33.4 Å². The lowest BCUT2D eigenvalue weighted by atomic mass is 10.0. The highest BCUT2D eigenvalue weighted by molar-refractivity contribution is 6.31. The SMILES string of the molecule is CCNC(=NCc1nncn1C)NCC(c1ccccc1Cl)N(CC)CC. The second-order valence-corrected chi connectivity index (χ2v) is 6.60. The highest BCUT2D eigenvalue weighted by atomic mass is 35.5. The number of nitrogens with zero attached hydrogens (tertiary/aromatic N) is 5. The van der Waals surface area contributed by atoms with Crippen LogP contribution in [0.25, 0.3) is 0 Å². The molecule has 1 heterocycles. The number of benzene rings is 1. The Balaban J connectivity index is 2.14. The summed E-state index contributed by atoms with van der Waals surface area (Å²) >= 11 is 6.48. The summed E-state index contributed by atoms with van der Waals surface area (Å²) < 4.78 is 1.87. The Kier molecular flexibility index (Phi) is 8.54. The van der Waals surface area contributed by atoms with Gasteiger partial charge in [-0.15, -0.1) is 10.2 Å². The van der Waals surface area contributed by atoms with E-state index < -0.39 is 0 Å². The van der Waals surface area contributed by atoms with Gasteiger partial charge in [0.15, 0.2) is 11.8 Å². The van der Waals surface area contributed by atoms with Gasteiger partial charge in [0.05, 0.1) is 6.04 Å². The van der Waals surface area contributed by atoms with Crippen molar-refractivity contribution in [1.82, 2.24) is 30.3 Å². The van der Waals surface area contributed by atoms with Gasteiger partial charge in [-0.3, -0.25) is 4.90 Å². The smallest absolute Gasteiger partial charge is 0.191 e. The zero-order valence-electron chi connectivity index (χ0n) is 16.6. The average Bonchev–Trinajstić information content (AvgIpc) is 3.08. The minimum atomic E-state index is 0.160. The number of rotatable bonds is 9. The largest absolute Gasteiger partial charge is 0.357 e. The van der Waals surface area contributed by atoms with Crippen LogP contribution in [-0.2, 0) is 13.6 Å². The lowest BCUT2D eigenvalue weighted by Crippen LogP contribution is -2.43. The molecule has 27 heavy (non-hydrogen) atoms. The molecule has 148 valence electrons. The third kappa shape index (κ3) is 5.94. The molecule has 0 fully saturated rings. The fraction of sp³-hybridized carbons (Fsp3) is 0.526. The van der Waals surface area contributed by atoms with E-state index in [1.807, 2.05) is 29.8 Å². The van der Waals surface area contributed by atoms with Crippen LogP contribution in [0.2, 0.25) is 5.02 Å². The third-order valence-electron chi connectivity index (χ3n) is 4.51. The summed E-state index contributed by atoms with van der Waals surface area (Å²) in [4.78, 5) is 7.02. The predicted molar refractivity (Wildman–Crippen MR) is 111 cm³/mol. The van der Waals surface area contributed by atoms with E-state index in [-0.39, 0.29) is 6.04 Å². The van der Waals surface area contributed by atoms with E-state index in [9.17, 15) is 0 Å². The molecular weight excluding hydrogens is 362 g/mol. The molecule has 1 unspecified atom stereocenters. The molecule has 1 aromatic heterocycles. The second kappa shape index (κ2) is 10.9. The van der Waals surface area contributed by atoms with Crippen molar-refractivity contribution in [3.8, 4) is 0 Å². The average molecular weight is 392 g/mol. The first-order chi connectivity index (χ1) is 13.1. The number of hydrogen-bond donors (Lipinski definition) is 2. The summed E-state index contributed by atoms with van der Waals surface area (Å²) in [5.74, 6) is 1.57. The van der Waals surface area contributed by atoms with Gasteiger partial charge in [0.2, 0.25) is 0 Å². The zero-order valence-corrected chi connectivity index (χ0v) is 17.4. The predicted octanol–water partition coefficient (Wildman–Crippen LogP) is 2.61. The van der Waals surface area contributed by atoms with E-state index >= 15 is 0 Å². The van der Waals surface area contributed by atoms with Crippen LogP contribution in [0.1, 0.15) is 38.2 Å². The molecular formula is C19H30ClN7. The summed E-state index contributed by atoms with van der Waals surface area (Å²) in [6.07, 6.45) is 1.68. The van der Waals surface area contributed by atoms with Crippen LogP contribution in [-0.4, -0.2) is 51.8 Å². The highest BCUT2D eigenvalue weighted by Gasteiger charge is 2.20. The van der Waals surface area contributed by atoms with Crippen molar-refractivity contribution in [1.29, 1.82) is 0 Å². The van der Waals surface area contributed by atoms with Crippen LogP contribution >= 0.6 is 11.6 Å². The van der Waals surface area contributed by atoms with Crippen molar-refractivity contribution < 1.29 is 0 Å². The standard InChI is InChI=1S/C19H30ClN7/c1-5-21-19(23-13-18-25-24-14-26(18)4)22-12-17(27(6-2)7-3)15-10-8-9-11-16(15)20/h8-11,14,17H,5-7,12-13H2,1-4H3,(H2,21,22,23). The molecule has 0 saturated carbocycles. The number of halogens is 1. The van der Waals surface area contributed by atoms with Crippen molar-refractivity contribution >= 4 is 17.6 Å². The van der Waals surface area contributed by atoms with Crippen molar-refractivity contribution in [2.24, 2.45) is 12.0 Å². The summed E-state index contributed by atoms with van der Waals surface area (Å²) in [5.41, 5.74) is 1.12. The molecule has 7 nitrogen and oxygen atoms in total. The maximum absolute atomic E-state index is 6.48. The zero-order chi connectivity index (χ0) is 19.6. The molecule has 2 rings (SSSR count). The summed E-state index contributed by atoms with van der Waals surface area (Å²) in [6.45, 7) is 10.2. The first-order valence-electron chi connectivity index (χ1n) is 9.44. The molecule has 1 atom stereocenters. The van der Waals surface area contributed by atoms with Crippen molar-refractivity contribution in [3.05, 3.63) is 47.0 Å². The molecule has 0 aliphatic rings. The molecule has 0 aliphatic heterocycles. The molecule has 0 spiro atoms. The molecule has 0 saturated heterocycles. The molecule has 0 aliphatic carbocycles. The lowest BCUT2D eigenvalue weighted by Gasteiger charge is -2.31. The maximum atomic E-state index is 6.48. The van der Waals surface area contributed by atoms with E-state index in [4.69, 9.17) is 11.6 Å². The Morgan fingerprint density at radius 1 is 1.22 bits per heavy atom. The van der Waals surface area contributed by atoms with E-state index in [1.54, 1.807) is 6.33 Å². The molecule has 2 N–H and O–H groups in total. The Labute approximate surface area is 166 Å². The first-order valence-corrected chi connectivity index (χ1v) is 9.81. The van der Waals surface area contributed by atoms with Gasteiger partial charge >= 0.3 is 0 Å². The van der Waals surface area contributed by atoms with Gasteiger partial charge in [-0.25, -0.2) is 4.99 Å². The quantitative estimate of drug-likeness (QED) is 0.508. The van der Waals surface area contributed by atoms with Gasteiger partial charge < -0.3 is 15.2 Å². The second-order valence-electron chi connectivity index (χ2n) is 6.19. The summed E-state index contributed by atoms with van der Waals surface area (Å²) in [7, 11) is 1.92. The highest BCUT2D eigenvalue weighted by Crippen LogP contribution is 2.26. The molecule has 1 aromatic carbocycles. The number of likely N-dealkylation sites (N-methyl/N-ethyl adjacent to an activating group) is 1. The Morgan fingerprint density at radius 2 is 1.96 bits per heavy atom. The van der Waals surface area contributed by atoms with Crippen molar-refractivity contribution in [3.63, 3.8) is 0 Å². The minimum absolute atomic E-state index is 0.160. The maximum Gasteiger partial charge on any atom is 0.191 e. The number of aromatic nitrogens is 3. The van der Waals surface area contributed by atoms with Gasteiger partial charge in [0, 0.05) is 25.2 Å². The van der Waals surface area contributed by atoms with Gasteiger partial charge in [-0.05, 0) is 31.6 Å². The fourth-order valence-electron chi connectivity index (χ4n) is 2.98. The molecule has 2 aromatic rings. The van der Waals surface area contributed by atoms with Crippen LogP contribution in [0.4, 0.5) is 0 Å². The van der Waals surface area contributed by atoms with E-state index in [0.717, 1.165) is 42.0 Å². The lowest BCUT2D eigenvalue weighted by molar-refractivity contribution is 0.219. The molecule has 8 heteroatoms. The third-order valence-corrected chi connectivity index (χ3v) is 4.85. The molecule has 0 radical (unpaired) electrons. The normalized spacial score (nSPS) is 13.0. The Morgan fingerprint density at radius 3 is 2.56 bits per heavy atom. The van der Waals surface area contributed by atoms with Gasteiger partial charge in [0.25, 0.3) is 0 Å². The number of aliphatic imine (C=N–C) groups is 1.